The Bertz CT molecular complexity index is 1140. The highest BCUT2D eigenvalue weighted by molar-refractivity contribution is 6.06. The highest BCUT2D eigenvalue weighted by atomic mass is 16.6. The molecule has 1 aliphatic heterocycles. The lowest BCUT2D eigenvalue weighted by atomic mass is 9.98. The molecule has 8 nitrogen and oxygen atoms in total. The van der Waals surface area contributed by atoms with Crippen molar-refractivity contribution >= 4 is 23.2 Å². The van der Waals surface area contributed by atoms with Gasteiger partial charge in [-0.05, 0) is 54.8 Å². The number of nitro groups is 1. The van der Waals surface area contributed by atoms with Crippen molar-refractivity contribution in [2.45, 2.75) is 19.9 Å². The number of anilines is 1. The molecule has 1 aliphatic rings. The summed E-state index contributed by atoms with van der Waals surface area (Å²) in [4.78, 5) is 37.6. The smallest absolute Gasteiger partial charge is 0.289 e. The number of hydrogen-bond donors (Lipinski definition) is 1. The molecule has 152 valence electrons. The summed E-state index contributed by atoms with van der Waals surface area (Å²) in [5, 5.41) is 13.9. The first kappa shape index (κ1) is 19.4. The molecule has 1 aromatic heterocycles. The van der Waals surface area contributed by atoms with Crippen molar-refractivity contribution in [2.24, 2.45) is 0 Å². The molecule has 0 unspecified atom stereocenters. The van der Waals surface area contributed by atoms with E-state index < -0.39 is 10.8 Å². The third-order valence-electron chi connectivity index (χ3n) is 5.24. The van der Waals surface area contributed by atoms with Crippen molar-refractivity contribution in [3.63, 3.8) is 0 Å². The maximum atomic E-state index is 12.7. The van der Waals surface area contributed by atoms with Crippen LogP contribution in [0.4, 0.5) is 11.4 Å². The topological polar surface area (TPSA) is 106 Å². The average molecular weight is 405 g/mol. The predicted molar refractivity (Wildman–Crippen MR) is 109 cm³/mol. The molecule has 2 amide bonds. The average Bonchev–Trinajstić information content (AvgIpc) is 3.27. The van der Waals surface area contributed by atoms with Crippen LogP contribution in [0.5, 0.6) is 0 Å². The van der Waals surface area contributed by atoms with Crippen molar-refractivity contribution in [1.29, 1.82) is 0 Å². The second kappa shape index (κ2) is 7.82. The van der Waals surface area contributed by atoms with E-state index >= 15 is 0 Å². The SMILES string of the molecule is Cc1c(C(=O)Nc2ccc3c(c2)CN(C(=O)c2ccco2)CC3)cccc1[N+](=O)[O-]. The van der Waals surface area contributed by atoms with Crippen LogP contribution in [0.25, 0.3) is 0 Å². The van der Waals surface area contributed by atoms with E-state index in [-0.39, 0.29) is 17.2 Å². The second-order valence-electron chi connectivity index (χ2n) is 7.10. The molecule has 30 heavy (non-hydrogen) atoms. The Labute approximate surface area is 172 Å². The number of nitrogens with one attached hydrogen (secondary N) is 1. The van der Waals surface area contributed by atoms with E-state index in [9.17, 15) is 19.7 Å². The summed E-state index contributed by atoms with van der Waals surface area (Å²) in [7, 11) is 0. The molecule has 0 aliphatic carbocycles. The first-order valence-corrected chi connectivity index (χ1v) is 9.44. The van der Waals surface area contributed by atoms with Crippen LogP contribution < -0.4 is 5.32 Å². The first-order chi connectivity index (χ1) is 14.4. The number of rotatable bonds is 4. The van der Waals surface area contributed by atoms with Crippen LogP contribution in [-0.4, -0.2) is 28.2 Å². The van der Waals surface area contributed by atoms with E-state index in [4.69, 9.17) is 4.42 Å². The summed E-state index contributed by atoms with van der Waals surface area (Å²) >= 11 is 0. The summed E-state index contributed by atoms with van der Waals surface area (Å²) in [6.07, 6.45) is 2.18. The summed E-state index contributed by atoms with van der Waals surface area (Å²) in [5.74, 6) is -0.299. The van der Waals surface area contributed by atoms with Gasteiger partial charge in [0.2, 0.25) is 0 Å². The molecular weight excluding hydrogens is 386 g/mol. The number of amides is 2. The highest BCUT2D eigenvalue weighted by Crippen LogP contribution is 2.26. The monoisotopic (exact) mass is 405 g/mol. The van der Waals surface area contributed by atoms with Gasteiger partial charge in [-0.3, -0.25) is 19.7 Å². The van der Waals surface area contributed by atoms with E-state index in [0.29, 0.717) is 36.5 Å². The van der Waals surface area contributed by atoms with Gasteiger partial charge in [0.25, 0.3) is 17.5 Å². The standard InChI is InChI=1S/C22H19N3O5/c1-14-18(4-2-5-19(14)25(28)29)21(26)23-17-8-7-15-9-10-24(13-16(15)12-17)22(27)20-6-3-11-30-20/h2-8,11-12H,9-10,13H2,1H3,(H,23,26). The van der Waals surface area contributed by atoms with Crippen LogP contribution in [0.1, 0.15) is 37.6 Å². The molecule has 1 N–H and O–H groups in total. The van der Waals surface area contributed by atoms with Crippen LogP contribution in [0.15, 0.2) is 59.2 Å². The molecule has 0 saturated heterocycles. The molecule has 0 bridgehead atoms. The maximum absolute atomic E-state index is 12.7. The zero-order chi connectivity index (χ0) is 21.3. The van der Waals surface area contributed by atoms with E-state index in [1.54, 1.807) is 36.1 Å². The van der Waals surface area contributed by atoms with E-state index in [0.717, 1.165) is 11.1 Å². The van der Waals surface area contributed by atoms with Crippen LogP contribution >= 0.6 is 0 Å². The fourth-order valence-corrected chi connectivity index (χ4v) is 3.63. The molecule has 0 saturated carbocycles. The van der Waals surface area contributed by atoms with E-state index in [2.05, 4.69) is 5.32 Å². The lowest BCUT2D eigenvalue weighted by Crippen LogP contribution is -2.35. The van der Waals surface area contributed by atoms with Crippen molar-refractivity contribution < 1.29 is 18.9 Å². The van der Waals surface area contributed by atoms with Crippen molar-refractivity contribution in [2.75, 3.05) is 11.9 Å². The Kier molecular flexibility index (Phi) is 5.05. The highest BCUT2D eigenvalue weighted by Gasteiger charge is 2.24. The summed E-state index contributed by atoms with van der Waals surface area (Å²) < 4.78 is 5.20. The normalized spacial score (nSPS) is 12.9. The molecule has 0 fully saturated rings. The van der Waals surface area contributed by atoms with E-state index in [1.165, 1.54) is 18.4 Å². The van der Waals surface area contributed by atoms with Crippen molar-refractivity contribution in [3.05, 3.63) is 92.9 Å². The Hall–Kier alpha value is -3.94. The predicted octanol–water partition coefficient (Wildman–Crippen LogP) is 3.95. The van der Waals surface area contributed by atoms with Gasteiger partial charge in [-0.1, -0.05) is 12.1 Å². The van der Waals surface area contributed by atoms with Gasteiger partial charge in [0, 0.05) is 36.0 Å². The van der Waals surface area contributed by atoms with Crippen molar-refractivity contribution in [1.82, 2.24) is 4.90 Å². The number of carbonyl (C=O) groups is 2. The van der Waals surface area contributed by atoms with Crippen molar-refractivity contribution in [3.8, 4) is 0 Å². The van der Waals surface area contributed by atoms with Crippen LogP contribution in [0.3, 0.4) is 0 Å². The minimum atomic E-state index is -0.504. The quantitative estimate of drug-likeness (QED) is 0.523. The third kappa shape index (κ3) is 3.67. The number of benzene rings is 2. The Balaban J connectivity index is 1.53. The third-order valence-corrected chi connectivity index (χ3v) is 5.24. The fraction of sp³-hybridized carbons (Fsp3) is 0.182. The van der Waals surface area contributed by atoms with Crippen LogP contribution in [0, 0.1) is 17.0 Å². The Morgan fingerprint density at radius 1 is 1.13 bits per heavy atom. The number of furan rings is 1. The molecule has 8 heteroatoms. The summed E-state index contributed by atoms with van der Waals surface area (Å²) in [5.41, 5.74) is 3.08. The number of carbonyl (C=O) groups excluding carboxylic acids is 2. The molecule has 0 atom stereocenters. The van der Waals surface area contributed by atoms with Crippen LogP contribution in [-0.2, 0) is 13.0 Å². The lowest BCUT2D eigenvalue weighted by molar-refractivity contribution is -0.385. The fourth-order valence-electron chi connectivity index (χ4n) is 3.63. The van der Waals surface area contributed by atoms with Crippen LogP contribution in [0.2, 0.25) is 0 Å². The molecule has 0 radical (unpaired) electrons. The number of nitro benzene ring substituents is 1. The Morgan fingerprint density at radius 3 is 2.70 bits per heavy atom. The summed E-state index contributed by atoms with van der Waals surface area (Å²) in [6.45, 7) is 2.55. The lowest BCUT2D eigenvalue weighted by Gasteiger charge is -2.28. The van der Waals surface area contributed by atoms with Gasteiger partial charge in [-0.25, -0.2) is 0 Å². The number of hydrogen-bond acceptors (Lipinski definition) is 5. The van der Waals surface area contributed by atoms with E-state index in [1.807, 2.05) is 12.1 Å². The minimum absolute atomic E-state index is 0.0971. The van der Waals surface area contributed by atoms with Gasteiger partial charge < -0.3 is 14.6 Å². The van der Waals surface area contributed by atoms with Gasteiger partial charge >= 0.3 is 0 Å². The molecular formula is C22H19N3O5. The second-order valence-corrected chi connectivity index (χ2v) is 7.10. The zero-order valence-electron chi connectivity index (χ0n) is 16.3. The Morgan fingerprint density at radius 2 is 1.97 bits per heavy atom. The summed E-state index contributed by atoms with van der Waals surface area (Å²) in [6, 6.07) is 13.3. The minimum Gasteiger partial charge on any atom is -0.459 e. The molecule has 3 aromatic rings. The van der Waals surface area contributed by atoms with Gasteiger partial charge in [-0.2, -0.15) is 0 Å². The van der Waals surface area contributed by atoms with Gasteiger partial charge in [-0.15, -0.1) is 0 Å². The first-order valence-electron chi connectivity index (χ1n) is 9.44. The van der Waals surface area contributed by atoms with Gasteiger partial charge in [0.15, 0.2) is 5.76 Å². The largest absolute Gasteiger partial charge is 0.459 e. The number of fused-ring (bicyclic) bond motifs is 1. The molecule has 4 rings (SSSR count). The number of nitrogens with zero attached hydrogens (tertiary/aromatic N) is 2. The molecule has 0 spiro atoms. The molecule has 2 aromatic carbocycles. The van der Waals surface area contributed by atoms with Gasteiger partial charge in [0.05, 0.1) is 11.2 Å². The maximum Gasteiger partial charge on any atom is 0.289 e. The zero-order valence-corrected chi connectivity index (χ0v) is 16.3. The van der Waals surface area contributed by atoms with Gasteiger partial charge in [0.1, 0.15) is 0 Å². The molecule has 2 heterocycles.